The number of methoxy groups -OCH3 is 1. The van der Waals surface area contributed by atoms with Gasteiger partial charge in [0.15, 0.2) is 0 Å². The molecule has 19 heavy (non-hydrogen) atoms. The number of benzene rings is 2. The number of hydrogen-bond acceptors (Lipinski definition) is 1. The topological polar surface area (TPSA) is 9.23 Å². The Hall–Kier alpha value is -2.02. The fourth-order valence-electron chi connectivity index (χ4n) is 2.46. The molecule has 0 N–H and O–H groups in total. The monoisotopic (exact) mass is 250 g/mol. The molecule has 0 unspecified atom stereocenters. The Balaban J connectivity index is 1.63. The minimum atomic E-state index is 0.686. The lowest BCUT2D eigenvalue weighted by atomic mass is 10.1. The third-order valence-corrected chi connectivity index (χ3v) is 3.72. The van der Waals surface area contributed by atoms with Crippen molar-refractivity contribution in [2.24, 2.45) is 5.92 Å². The van der Waals surface area contributed by atoms with E-state index in [1.807, 2.05) is 12.1 Å². The van der Waals surface area contributed by atoms with Crippen LogP contribution < -0.4 is 4.74 Å². The van der Waals surface area contributed by atoms with Gasteiger partial charge in [0.05, 0.1) is 7.11 Å². The zero-order valence-corrected chi connectivity index (χ0v) is 11.1. The first kappa shape index (κ1) is 12.0. The average molecular weight is 250 g/mol. The molecule has 2 atom stereocenters. The molecule has 0 aromatic heterocycles. The molecule has 1 saturated carbocycles. The molecule has 3 rings (SSSR count). The highest BCUT2D eigenvalue weighted by atomic mass is 16.5. The van der Waals surface area contributed by atoms with E-state index in [2.05, 4.69) is 54.6 Å². The molecule has 0 radical (unpaired) electrons. The Kier molecular flexibility index (Phi) is 3.37. The molecule has 0 heterocycles. The van der Waals surface area contributed by atoms with Crippen LogP contribution >= 0.6 is 0 Å². The van der Waals surface area contributed by atoms with E-state index in [0.29, 0.717) is 11.8 Å². The molecule has 1 fully saturated rings. The standard InChI is InChI=1S/C18H18O/c1-19-17-11-9-15(10-12-17)18-13-16(18)8-7-14-5-3-2-4-6-14/h2-12,16,18H,13H2,1H3/b8-7+/t16-,18-/m0/s1. The Morgan fingerprint density at radius 2 is 1.74 bits per heavy atom. The molecule has 1 heteroatoms. The highest BCUT2D eigenvalue weighted by Gasteiger charge is 2.35. The minimum Gasteiger partial charge on any atom is -0.497 e. The molecule has 96 valence electrons. The molecule has 0 spiro atoms. The first-order valence-corrected chi connectivity index (χ1v) is 6.74. The van der Waals surface area contributed by atoms with Crippen LogP contribution in [-0.2, 0) is 0 Å². The van der Waals surface area contributed by atoms with Crippen molar-refractivity contribution in [3.8, 4) is 5.75 Å². The summed E-state index contributed by atoms with van der Waals surface area (Å²) in [5.41, 5.74) is 2.70. The van der Waals surface area contributed by atoms with Gasteiger partial charge in [-0.25, -0.2) is 0 Å². The average Bonchev–Trinajstić information content (AvgIpc) is 3.26. The molecule has 1 nitrogen and oxygen atoms in total. The van der Waals surface area contributed by atoms with E-state index in [9.17, 15) is 0 Å². The number of ether oxygens (including phenoxy) is 1. The Morgan fingerprint density at radius 3 is 2.42 bits per heavy atom. The van der Waals surface area contributed by atoms with Crippen LogP contribution in [-0.4, -0.2) is 7.11 Å². The van der Waals surface area contributed by atoms with Gasteiger partial charge in [0.1, 0.15) is 5.75 Å². The van der Waals surface area contributed by atoms with Crippen LogP contribution in [0.1, 0.15) is 23.5 Å². The quantitative estimate of drug-likeness (QED) is 0.775. The summed E-state index contributed by atoms with van der Waals surface area (Å²) in [5.74, 6) is 2.31. The highest BCUT2D eigenvalue weighted by Crippen LogP contribution is 2.48. The second-order valence-electron chi connectivity index (χ2n) is 5.05. The molecule has 1 aliphatic rings. The summed E-state index contributed by atoms with van der Waals surface area (Å²) in [6, 6.07) is 18.9. The van der Waals surface area contributed by atoms with E-state index >= 15 is 0 Å². The van der Waals surface area contributed by atoms with Gasteiger partial charge in [0.2, 0.25) is 0 Å². The molecule has 2 aromatic rings. The maximum atomic E-state index is 5.19. The zero-order chi connectivity index (χ0) is 13.1. The van der Waals surface area contributed by atoms with Gasteiger partial charge >= 0.3 is 0 Å². The van der Waals surface area contributed by atoms with E-state index < -0.39 is 0 Å². The van der Waals surface area contributed by atoms with E-state index in [1.165, 1.54) is 17.5 Å². The van der Waals surface area contributed by atoms with Gasteiger partial charge in [-0.2, -0.15) is 0 Å². The third kappa shape index (κ3) is 2.87. The van der Waals surface area contributed by atoms with E-state index in [1.54, 1.807) is 7.11 Å². The maximum Gasteiger partial charge on any atom is 0.118 e. The van der Waals surface area contributed by atoms with Gasteiger partial charge < -0.3 is 4.74 Å². The van der Waals surface area contributed by atoms with Gasteiger partial charge in [-0.15, -0.1) is 0 Å². The predicted molar refractivity (Wildman–Crippen MR) is 79.3 cm³/mol. The van der Waals surface area contributed by atoms with Crippen molar-refractivity contribution in [3.63, 3.8) is 0 Å². The molecule has 0 saturated heterocycles. The van der Waals surface area contributed by atoms with Crippen LogP contribution in [0.15, 0.2) is 60.7 Å². The van der Waals surface area contributed by atoms with Crippen LogP contribution in [0, 0.1) is 5.92 Å². The van der Waals surface area contributed by atoms with Crippen LogP contribution in [0.4, 0.5) is 0 Å². The van der Waals surface area contributed by atoms with Crippen LogP contribution in [0.25, 0.3) is 6.08 Å². The summed E-state index contributed by atoms with van der Waals surface area (Å²) >= 11 is 0. The van der Waals surface area contributed by atoms with Crippen molar-refractivity contribution in [1.29, 1.82) is 0 Å². The van der Waals surface area contributed by atoms with Crippen LogP contribution in [0.3, 0.4) is 0 Å². The van der Waals surface area contributed by atoms with E-state index in [4.69, 9.17) is 4.74 Å². The SMILES string of the molecule is COc1ccc([C@@H]2C[C@@H]2/C=C/c2ccccc2)cc1. The summed E-state index contributed by atoms with van der Waals surface area (Å²) in [6.07, 6.45) is 5.83. The van der Waals surface area contributed by atoms with Crippen molar-refractivity contribution in [2.75, 3.05) is 7.11 Å². The smallest absolute Gasteiger partial charge is 0.118 e. The molecular weight excluding hydrogens is 232 g/mol. The highest BCUT2D eigenvalue weighted by molar-refractivity contribution is 5.50. The minimum absolute atomic E-state index is 0.686. The third-order valence-electron chi connectivity index (χ3n) is 3.72. The van der Waals surface area contributed by atoms with Gasteiger partial charge in [-0.05, 0) is 41.5 Å². The van der Waals surface area contributed by atoms with E-state index in [0.717, 1.165) is 5.75 Å². The molecule has 1 aliphatic carbocycles. The number of rotatable bonds is 4. The normalized spacial score (nSPS) is 21.5. The van der Waals surface area contributed by atoms with Crippen molar-refractivity contribution < 1.29 is 4.74 Å². The summed E-state index contributed by atoms with van der Waals surface area (Å²) in [6.45, 7) is 0. The fourth-order valence-corrected chi connectivity index (χ4v) is 2.46. The van der Waals surface area contributed by atoms with Crippen molar-refractivity contribution >= 4 is 6.08 Å². The van der Waals surface area contributed by atoms with Gasteiger partial charge in [0.25, 0.3) is 0 Å². The second-order valence-corrected chi connectivity index (χ2v) is 5.05. The van der Waals surface area contributed by atoms with E-state index in [-0.39, 0.29) is 0 Å². The molecule has 0 bridgehead atoms. The van der Waals surface area contributed by atoms with Gasteiger partial charge in [-0.3, -0.25) is 0 Å². The predicted octanol–water partition coefficient (Wildman–Crippen LogP) is 4.51. The Morgan fingerprint density at radius 1 is 1.00 bits per heavy atom. The summed E-state index contributed by atoms with van der Waals surface area (Å²) in [4.78, 5) is 0. The lowest BCUT2D eigenvalue weighted by Gasteiger charge is -2.01. The van der Waals surface area contributed by atoms with Crippen molar-refractivity contribution in [3.05, 3.63) is 71.8 Å². The van der Waals surface area contributed by atoms with Crippen LogP contribution in [0.2, 0.25) is 0 Å². The van der Waals surface area contributed by atoms with Gasteiger partial charge in [-0.1, -0.05) is 54.6 Å². The maximum absolute atomic E-state index is 5.19. The summed E-state index contributed by atoms with van der Waals surface area (Å²) in [5, 5.41) is 0. The molecule has 0 amide bonds. The number of allylic oxidation sites excluding steroid dienone is 1. The number of hydrogen-bond donors (Lipinski definition) is 0. The first-order valence-electron chi connectivity index (χ1n) is 6.74. The Labute approximate surface area is 114 Å². The lowest BCUT2D eigenvalue weighted by molar-refractivity contribution is 0.414. The fraction of sp³-hybridized carbons (Fsp3) is 0.222. The van der Waals surface area contributed by atoms with Crippen LogP contribution in [0.5, 0.6) is 5.75 Å². The second kappa shape index (κ2) is 5.31. The lowest BCUT2D eigenvalue weighted by Crippen LogP contribution is -1.84. The molecular formula is C18H18O. The Bertz CT molecular complexity index is 554. The van der Waals surface area contributed by atoms with Crippen molar-refractivity contribution in [2.45, 2.75) is 12.3 Å². The summed E-state index contributed by atoms with van der Waals surface area (Å²) < 4.78 is 5.19. The zero-order valence-electron chi connectivity index (χ0n) is 11.1. The molecule has 2 aromatic carbocycles. The first-order chi connectivity index (χ1) is 9.36. The largest absolute Gasteiger partial charge is 0.497 e. The summed E-state index contributed by atoms with van der Waals surface area (Å²) in [7, 11) is 1.71. The molecule has 0 aliphatic heterocycles. The van der Waals surface area contributed by atoms with Crippen molar-refractivity contribution in [1.82, 2.24) is 0 Å². The van der Waals surface area contributed by atoms with Gasteiger partial charge in [0, 0.05) is 0 Å².